The highest BCUT2D eigenvalue weighted by Gasteiger charge is 2.22. The fraction of sp³-hybridized carbons (Fsp3) is 0.750. The first-order chi connectivity index (χ1) is 9.21. The van der Waals surface area contributed by atoms with Gasteiger partial charge in [0.05, 0.1) is 0 Å². The Bertz CT molecular complexity index is 417. The van der Waals surface area contributed by atoms with E-state index in [-0.39, 0.29) is 5.28 Å². The summed E-state index contributed by atoms with van der Waals surface area (Å²) in [6, 6.07) is 0.430. The topological polar surface area (TPSA) is 62.7 Å². The van der Waals surface area contributed by atoms with Crippen LogP contribution in [-0.2, 0) is 0 Å². The van der Waals surface area contributed by atoms with E-state index < -0.39 is 0 Å². The molecule has 0 aliphatic heterocycles. The third kappa shape index (κ3) is 4.38. The number of hydrogen-bond acceptors (Lipinski definition) is 6. The number of rotatable bonds is 5. The fourth-order valence-corrected chi connectivity index (χ4v) is 3.31. The third-order valence-electron chi connectivity index (χ3n) is 3.24. The molecule has 0 saturated heterocycles. The van der Waals surface area contributed by atoms with Gasteiger partial charge in [-0.25, -0.2) is 0 Å². The largest absolute Gasteiger partial charge is 0.354 e. The lowest BCUT2D eigenvalue weighted by molar-refractivity contribution is 0.471. The van der Waals surface area contributed by atoms with Crippen molar-refractivity contribution in [1.29, 1.82) is 0 Å². The third-order valence-corrected chi connectivity index (χ3v) is 4.50. The van der Waals surface area contributed by atoms with E-state index in [0.717, 1.165) is 24.6 Å². The monoisotopic (exact) mass is 301 g/mol. The van der Waals surface area contributed by atoms with E-state index in [2.05, 4.69) is 31.8 Å². The summed E-state index contributed by atoms with van der Waals surface area (Å²) in [6.45, 7) is 2.76. The first-order valence-corrected chi connectivity index (χ1v) is 8.32. The smallest absolute Gasteiger partial charge is 0.229 e. The zero-order chi connectivity index (χ0) is 13.7. The molecule has 5 nitrogen and oxygen atoms in total. The minimum Gasteiger partial charge on any atom is -0.354 e. The Kier molecular flexibility index (Phi) is 5.51. The van der Waals surface area contributed by atoms with Gasteiger partial charge in [-0.15, -0.1) is 0 Å². The van der Waals surface area contributed by atoms with E-state index in [1.165, 1.54) is 12.8 Å². The van der Waals surface area contributed by atoms with Crippen molar-refractivity contribution < 1.29 is 0 Å². The van der Waals surface area contributed by atoms with E-state index in [1.807, 2.05) is 18.7 Å². The highest BCUT2D eigenvalue weighted by Crippen LogP contribution is 2.28. The van der Waals surface area contributed by atoms with Gasteiger partial charge in [0.1, 0.15) is 0 Å². The average molecular weight is 302 g/mol. The average Bonchev–Trinajstić information content (AvgIpc) is 2.38. The van der Waals surface area contributed by atoms with Crippen molar-refractivity contribution >= 4 is 35.3 Å². The zero-order valence-electron chi connectivity index (χ0n) is 11.3. The van der Waals surface area contributed by atoms with E-state index in [0.29, 0.717) is 17.9 Å². The Hall–Kier alpha value is -0.750. The van der Waals surface area contributed by atoms with Crippen LogP contribution in [0.25, 0.3) is 0 Å². The molecule has 0 spiro atoms. The van der Waals surface area contributed by atoms with Crippen molar-refractivity contribution in [2.75, 3.05) is 23.4 Å². The molecular weight excluding hydrogens is 282 g/mol. The van der Waals surface area contributed by atoms with Crippen LogP contribution in [0.15, 0.2) is 0 Å². The molecular formula is C12H20ClN5S. The number of thioether (sulfide) groups is 1. The molecule has 1 aromatic rings. The number of nitrogens with one attached hydrogen (secondary N) is 2. The van der Waals surface area contributed by atoms with Crippen molar-refractivity contribution in [2.45, 2.75) is 43.9 Å². The van der Waals surface area contributed by atoms with Crippen LogP contribution >= 0.6 is 23.4 Å². The summed E-state index contributed by atoms with van der Waals surface area (Å²) in [5, 5.41) is 7.40. The molecule has 2 rings (SSSR count). The van der Waals surface area contributed by atoms with Crippen LogP contribution in [0.5, 0.6) is 0 Å². The lowest BCUT2D eigenvalue weighted by Gasteiger charge is -2.28. The van der Waals surface area contributed by atoms with Gasteiger partial charge in [0.15, 0.2) is 0 Å². The summed E-state index contributed by atoms with van der Waals surface area (Å²) in [5.41, 5.74) is 0. The van der Waals surface area contributed by atoms with E-state index in [1.54, 1.807) is 0 Å². The van der Waals surface area contributed by atoms with Gasteiger partial charge in [0.25, 0.3) is 0 Å². The standard InChI is InChI=1S/C12H20ClN5S/c1-3-14-11-16-10(13)17-12(18-11)15-8-5-4-6-9(7-8)19-2/h8-9H,3-7H2,1-2H3,(H2,14,15,16,17,18). The fourth-order valence-electron chi connectivity index (χ4n) is 2.32. The molecule has 2 unspecified atom stereocenters. The van der Waals surface area contributed by atoms with Crippen molar-refractivity contribution in [3.63, 3.8) is 0 Å². The number of aromatic nitrogens is 3. The van der Waals surface area contributed by atoms with Crippen molar-refractivity contribution in [2.24, 2.45) is 0 Å². The SMILES string of the molecule is CCNc1nc(Cl)nc(NC2CCCC(SC)C2)n1. The molecule has 1 heterocycles. The van der Waals surface area contributed by atoms with Gasteiger partial charge < -0.3 is 10.6 Å². The Morgan fingerprint density at radius 2 is 2.05 bits per heavy atom. The molecule has 1 fully saturated rings. The minimum atomic E-state index is 0.227. The maximum Gasteiger partial charge on any atom is 0.229 e. The number of nitrogens with zero attached hydrogens (tertiary/aromatic N) is 3. The van der Waals surface area contributed by atoms with Crippen LogP contribution in [0.1, 0.15) is 32.6 Å². The quantitative estimate of drug-likeness (QED) is 0.871. The van der Waals surface area contributed by atoms with Crippen molar-refractivity contribution in [1.82, 2.24) is 15.0 Å². The van der Waals surface area contributed by atoms with Gasteiger partial charge in [-0.2, -0.15) is 26.7 Å². The first-order valence-electron chi connectivity index (χ1n) is 6.66. The summed E-state index contributed by atoms with van der Waals surface area (Å²) < 4.78 is 0. The predicted octanol–water partition coefficient (Wildman–Crippen LogP) is 3.04. The van der Waals surface area contributed by atoms with Crippen molar-refractivity contribution in [3.8, 4) is 0 Å². The van der Waals surface area contributed by atoms with Crippen molar-refractivity contribution in [3.05, 3.63) is 5.28 Å². The molecule has 0 amide bonds. The van der Waals surface area contributed by atoms with Crippen LogP contribution in [0.3, 0.4) is 0 Å². The van der Waals surface area contributed by atoms with Gasteiger partial charge >= 0.3 is 0 Å². The van der Waals surface area contributed by atoms with Crippen LogP contribution in [-0.4, -0.2) is 39.0 Å². The second-order valence-corrected chi connectivity index (χ2v) is 6.12. The van der Waals surface area contributed by atoms with Gasteiger partial charge in [-0.1, -0.05) is 6.42 Å². The molecule has 7 heteroatoms. The molecule has 1 saturated carbocycles. The van der Waals surface area contributed by atoms with Crippen LogP contribution in [0.2, 0.25) is 5.28 Å². The highest BCUT2D eigenvalue weighted by molar-refractivity contribution is 7.99. The molecule has 1 aromatic heterocycles. The van der Waals surface area contributed by atoms with Crippen LogP contribution in [0.4, 0.5) is 11.9 Å². The van der Waals surface area contributed by atoms with Crippen LogP contribution < -0.4 is 10.6 Å². The lowest BCUT2D eigenvalue weighted by atomic mass is 9.95. The summed E-state index contributed by atoms with van der Waals surface area (Å²) in [5.74, 6) is 1.10. The van der Waals surface area contributed by atoms with Gasteiger partial charge in [-0.05, 0) is 44.0 Å². The molecule has 1 aliphatic carbocycles. The van der Waals surface area contributed by atoms with Gasteiger partial charge in [0, 0.05) is 17.8 Å². The first kappa shape index (κ1) is 14.7. The Morgan fingerprint density at radius 1 is 1.26 bits per heavy atom. The van der Waals surface area contributed by atoms with Gasteiger partial charge in [-0.3, -0.25) is 0 Å². The zero-order valence-corrected chi connectivity index (χ0v) is 12.9. The minimum absolute atomic E-state index is 0.227. The van der Waals surface area contributed by atoms with Gasteiger partial charge in [0.2, 0.25) is 17.2 Å². The van der Waals surface area contributed by atoms with E-state index in [9.17, 15) is 0 Å². The highest BCUT2D eigenvalue weighted by atomic mass is 35.5. The Labute approximate surface area is 123 Å². The summed E-state index contributed by atoms with van der Waals surface area (Å²) >= 11 is 7.86. The summed E-state index contributed by atoms with van der Waals surface area (Å²) in [6.07, 6.45) is 7.05. The Morgan fingerprint density at radius 3 is 2.79 bits per heavy atom. The number of hydrogen-bond donors (Lipinski definition) is 2. The maximum absolute atomic E-state index is 5.91. The normalized spacial score (nSPS) is 23.1. The second kappa shape index (κ2) is 7.14. The Balaban J connectivity index is 2.01. The molecule has 0 radical (unpaired) electrons. The summed E-state index contributed by atoms with van der Waals surface area (Å²) in [4.78, 5) is 12.5. The van der Waals surface area contributed by atoms with E-state index >= 15 is 0 Å². The van der Waals surface area contributed by atoms with Crippen LogP contribution in [0, 0.1) is 0 Å². The summed E-state index contributed by atoms with van der Waals surface area (Å²) in [7, 11) is 0. The molecule has 1 aliphatic rings. The molecule has 19 heavy (non-hydrogen) atoms. The maximum atomic E-state index is 5.91. The number of anilines is 2. The number of halogens is 1. The molecule has 2 N–H and O–H groups in total. The molecule has 0 bridgehead atoms. The second-order valence-electron chi connectivity index (χ2n) is 4.65. The predicted molar refractivity (Wildman–Crippen MR) is 82.2 cm³/mol. The van der Waals surface area contributed by atoms with E-state index in [4.69, 9.17) is 11.6 Å². The lowest BCUT2D eigenvalue weighted by Crippen LogP contribution is -2.29. The molecule has 0 aromatic carbocycles. The molecule has 106 valence electrons. The molecule has 2 atom stereocenters.